The summed E-state index contributed by atoms with van der Waals surface area (Å²) in [5, 5.41) is 9.59. The molecule has 1 heterocycles. The topological polar surface area (TPSA) is 37.3 Å². The summed E-state index contributed by atoms with van der Waals surface area (Å²) >= 11 is 7.64. The summed E-state index contributed by atoms with van der Waals surface area (Å²) < 4.78 is 0. The minimum Gasteiger partial charge on any atom is -0.481 e. The van der Waals surface area contributed by atoms with Crippen LogP contribution >= 0.6 is 23.4 Å². The highest BCUT2D eigenvalue weighted by molar-refractivity contribution is 8.01. The van der Waals surface area contributed by atoms with E-state index in [1.807, 2.05) is 18.2 Å². The Morgan fingerprint density at radius 3 is 2.71 bits per heavy atom. The van der Waals surface area contributed by atoms with Gasteiger partial charge in [0.2, 0.25) is 0 Å². The number of rotatable bonds is 2. The number of carboxylic acid groups (broad SMARTS) is 1. The summed E-state index contributed by atoms with van der Waals surface area (Å²) in [6.45, 7) is 0. The van der Waals surface area contributed by atoms with Crippen LogP contribution in [0.3, 0.4) is 0 Å². The summed E-state index contributed by atoms with van der Waals surface area (Å²) in [6, 6.07) is 7.44. The smallest absolute Gasteiger partial charge is 0.308 e. The molecule has 2 unspecified atom stereocenters. The van der Waals surface area contributed by atoms with Gasteiger partial charge in [0.25, 0.3) is 0 Å². The molecule has 2 rings (SSSR count). The van der Waals surface area contributed by atoms with Crippen LogP contribution < -0.4 is 0 Å². The minimum atomic E-state index is -0.728. The van der Waals surface area contributed by atoms with Crippen molar-refractivity contribution in [1.82, 2.24) is 0 Å². The van der Waals surface area contributed by atoms with Crippen molar-refractivity contribution in [2.75, 3.05) is 5.75 Å². The quantitative estimate of drug-likeness (QED) is 0.846. The Hall–Kier alpha value is -0.670. The van der Waals surface area contributed by atoms with Crippen LogP contribution in [0.15, 0.2) is 24.3 Å². The fourth-order valence-electron chi connectivity index (χ4n) is 1.50. The molecule has 0 amide bonds. The first kappa shape index (κ1) is 9.87. The molecule has 0 aliphatic carbocycles. The van der Waals surface area contributed by atoms with Gasteiger partial charge in [-0.3, -0.25) is 4.79 Å². The van der Waals surface area contributed by atoms with Gasteiger partial charge in [0.1, 0.15) is 0 Å². The fraction of sp³-hybridized carbons (Fsp3) is 0.300. The van der Waals surface area contributed by atoms with Crippen LogP contribution in [-0.4, -0.2) is 16.8 Å². The van der Waals surface area contributed by atoms with Crippen molar-refractivity contribution in [3.63, 3.8) is 0 Å². The van der Waals surface area contributed by atoms with E-state index in [1.54, 1.807) is 17.8 Å². The predicted octanol–water partition coefficient (Wildman–Crippen LogP) is 2.83. The Morgan fingerprint density at radius 1 is 1.50 bits per heavy atom. The van der Waals surface area contributed by atoms with E-state index in [4.69, 9.17) is 16.7 Å². The van der Waals surface area contributed by atoms with Gasteiger partial charge in [-0.2, -0.15) is 11.8 Å². The normalized spacial score (nSPS) is 25.5. The molecule has 2 nitrogen and oxygen atoms in total. The second-order valence-electron chi connectivity index (χ2n) is 3.22. The predicted molar refractivity (Wildman–Crippen MR) is 57.8 cm³/mol. The lowest BCUT2D eigenvalue weighted by Crippen LogP contribution is -2.31. The molecule has 74 valence electrons. The molecule has 0 saturated carbocycles. The number of halogens is 1. The highest BCUT2D eigenvalue weighted by atomic mass is 35.5. The molecule has 1 aromatic rings. The number of aliphatic carboxylic acids is 1. The zero-order chi connectivity index (χ0) is 10.1. The molecule has 1 fully saturated rings. The van der Waals surface area contributed by atoms with E-state index in [1.165, 1.54) is 0 Å². The Kier molecular flexibility index (Phi) is 2.70. The maximum absolute atomic E-state index is 10.8. The molecule has 0 bridgehead atoms. The molecule has 1 aromatic carbocycles. The van der Waals surface area contributed by atoms with Crippen LogP contribution in [0.25, 0.3) is 0 Å². The summed E-state index contributed by atoms with van der Waals surface area (Å²) in [4.78, 5) is 10.8. The lowest BCUT2D eigenvalue weighted by molar-refractivity contribution is -0.141. The number of carboxylic acids is 1. The molecule has 1 aliphatic rings. The molecule has 2 atom stereocenters. The lowest BCUT2D eigenvalue weighted by atomic mass is 9.99. The van der Waals surface area contributed by atoms with Gasteiger partial charge in [-0.15, -0.1) is 0 Å². The van der Waals surface area contributed by atoms with Gasteiger partial charge in [-0.25, -0.2) is 0 Å². The Labute approximate surface area is 91.3 Å². The summed E-state index contributed by atoms with van der Waals surface area (Å²) in [5.41, 5.74) is 0.942. The van der Waals surface area contributed by atoms with E-state index < -0.39 is 5.97 Å². The van der Waals surface area contributed by atoms with E-state index in [2.05, 4.69) is 0 Å². The molecule has 1 N–H and O–H groups in total. The highest BCUT2D eigenvalue weighted by Crippen LogP contribution is 2.49. The second-order valence-corrected chi connectivity index (χ2v) is 4.80. The second kappa shape index (κ2) is 3.83. The molecule has 14 heavy (non-hydrogen) atoms. The Bertz CT molecular complexity index is 367. The maximum Gasteiger partial charge on any atom is 0.308 e. The van der Waals surface area contributed by atoms with Crippen LogP contribution in [0.4, 0.5) is 0 Å². The summed E-state index contributed by atoms with van der Waals surface area (Å²) in [7, 11) is 0. The van der Waals surface area contributed by atoms with Crippen molar-refractivity contribution in [1.29, 1.82) is 0 Å². The lowest BCUT2D eigenvalue weighted by Gasteiger charge is -2.33. The first-order valence-electron chi connectivity index (χ1n) is 4.29. The Morgan fingerprint density at radius 2 is 2.21 bits per heavy atom. The molecule has 0 spiro atoms. The van der Waals surface area contributed by atoms with Crippen LogP contribution in [0.1, 0.15) is 10.8 Å². The monoisotopic (exact) mass is 228 g/mol. The van der Waals surface area contributed by atoms with Gasteiger partial charge in [-0.1, -0.05) is 29.8 Å². The number of carbonyl (C=O) groups is 1. The first-order chi connectivity index (χ1) is 6.70. The van der Waals surface area contributed by atoms with Crippen molar-refractivity contribution in [2.45, 2.75) is 5.25 Å². The van der Waals surface area contributed by atoms with Gasteiger partial charge >= 0.3 is 5.97 Å². The van der Waals surface area contributed by atoms with E-state index >= 15 is 0 Å². The van der Waals surface area contributed by atoms with Crippen LogP contribution in [0.5, 0.6) is 0 Å². The molecular weight excluding hydrogens is 220 g/mol. The van der Waals surface area contributed by atoms with Crippen LogP contribution in [0, 0.1) is 5.92 Å². The van der Waals surface area contributed by atoms with E-state index in [0.29, 0.717) is 10.8 Å². The third-order valence-corrected chi connectivity index (χ3v) is 4.19. The molecule has 1 aliphatic heterocycles. The van der Waals surface area contributed by atoms with Gasteiger partial charge in [0.05, 0.1) is 5.92 Å². The molecule has 1 saturated heterocycles. The van der Waals surface area contributed by atoms with Gasteiger partial charge < -0.3 is 5.11 Å². The molecule has 0 aromatic heterocycles. The van der Waals surface area contributed by atoms with Crippen LogP contribution in [-0.2, 0) is 4.79 Å². The maximum atomic E-state index is 10.8. The average Bonchev–Trinajstić information content (AvgIpc) is 2.05. The van der Waals surface area contributed by atoms with E-state index in [0.717, 1.165) is 5.56 Å². The summed E-state index contributed by atoms with van der Waals surface area (Å²) in [6.07, 6.45) is 0. The van der Waals surface area contributed by atoms with Crippen LogP contribution in [0.2, 0.25) is 5.02 Å². The highest BCUT2D eigenvalue weighted by Gasteiger charge is 2.39. The third kappa shape index (κ3) is 1.62. The number of benzene rings is 1. The number of hydrogen-bond acceptors (Lipinski definition) is 2. The third-order valence-electron chi connectivity index (χ3n) is 2.35. The van der Waals surface area contributed by atoms with Gasteiger partial charge in [-0.05, 0) is 11.6 Å². The van der Waals surface area contributed by atoms with Gasteiger partial charge in [0, 0.05) is 16.0 Å². The van der Waals surface area contributed by atoms with Crippen molar-refractivity contribution < 1.29 is 9.90 Å². The van der Waals surface area contributed by atoms with Crippen molar-refractivity contribution in [3.05, 3.63) is 34.9 Å². The largest absolute Gasteiger partial charge is 0.481 e. The molecule has 0 radical (unpaired) electrons. The summed E-state index contributed by atoms with van der Waals surface area (Å²) in [5.74, 6) is -0.320. The van der Waals surface area contributed by atoms with Crippen molar-refractivity contribution in [2.24, 2.45) is 5.92 Å². The minimum absolute atomic E-state index is 0.0289. The average molecular weight is 229 g/mol. The van der Waals surface area contributed by atoms with Gasteiger partial charge in [0.15, 0.2) is 0 Å². The number of thioether (sulfide) groups is 1. The Balaban J connectivity index is 2.24. The molecule has 4 heteroatoms. The zero-order valence-corrected chi connectivity index (χ0v) is 8.89. The SMILES string of the molecule is O=C(O)C1CSC1c1ccccc1Cl. The fourth-order valence-corrected chi connectivity index (χ4v) is 3.04. The van der Waals surface area contributed by atoms with E-state index in [9.17, 15) is 4.79 Å². The zero-order valence-electron chi connectivity index (χ0n) is 7.31. The first-order valence-corrected chi connectivity index (χ1v) is 5.71. The number of hydrogen-bond donors (Lipinski definition) is 1. The standard InChI is InChI=1S/C10H9ClO2S/c11-8-4-2-1-3-6(8)9-7(5-14-9)10(12)13/h1-4,7,9H,5H2,(H,12,13). The van der Waals surface area contributed by atoms with Crippen molar-refractivity contribution in [3.8, 4) is 0 Å². The van der Waals surface area contributed by atoms with E-state index in [-0.39, 0.29) is 11.2 Å². The molecular formula is C10H9ClO2S. The van der Waals surface area contributed by atoms with Crippen molar-refractivity contribution >= 4 is 29.3 Å².